The van der Waals surface area contributed by atoms with Gasteiger partial charge in [0, 0.05) is 32.6 Å². The molecule has 0 atom stereocenters. The van der Waals surface area contributed by atoms with Gasteiger partial charge in [0.2, 0.25) is 5.91 Å². The fourth-order valence-electron chi connectivity index (χ4n) is 1.35. The fraction of sp³-hybridized carbons (Fsp3) is 0.667. The molecule has 0 aromatic rings. The molecule has 1 aliphatic rings. The second-order valence-corrected chi connectivity index (χ2v) is 3.33. The number of nitrogens with one attached hydrogen (secondary N) is 1. The summed E-state index contributed by atoms with van der Waals surface area (Å²) in [6.07, 6.45) is 0.618. The topological polar surface area (TPSA) is 32.3 Å². The summed E-state index contributed by atoms with van der Waals surface area (Å²) in [4.78, 5) is 13.2. The number of carbonyl (C=O) groups excluding carboxylic acids is 1. The van der Waals surface area contributed by atoms with Crippen LogP contribution in [0, 0.1) is 0 Å². The quantitative estimate of drug-likeness (QED) is 0.605. The molecule has 0 unspecified atom stereocenters. The molecule has 1 amide bonds. The van der Waals surface area contributed by atoms with E-state index in [-0.39, 0.29) is 5.91 Å². The molecule has 1 heterocycles. The molecular weight excluding hydrogens is 152 g/mol. The monoisotopic (exact) mass is 168 g/mol. The third-order valence-corrected chi connectivity index (χ3v) is 1.90. The molecule has 1 N–H and O–H groups in total. The molecule has 12 heavy (non-hydrogen) atoms. The van der Waals surface area contributed by atoms with E-state index >= 15 is 0 Å². The Morgan fingerprint density at radius 3 is 3.08 bits per heavy atom. The van der Waals surface area contributed by atoms with Crippen LogP contribution in [0.3, 0.4) is 0 Å². The Labute approximate surface area is 73.4 Å². The summed E-state index contributed by atoms with van der Waals surface area (Å²) in [5.74, 6) is 0.166. The molecule has 3 heteroatoms. The molecule has 0 aliphatic carbocycles. The molecule has 68 valence electrons. The van der Waals surface area contributed by atoms with Crippen LogP contribution in [0.2, 0.25) is 0 Å². The first-order valence-electron chi connectivity index (χ1n) is 4.32. The van der Waals surface area contributed by atoms with Crippen molar-refractivity contribution in [1.29, 1.82) is 0 Å². The van der Waals surface area contributed by atoms with E-state index in [1.165, 1.54) is 0 Å². The Morgan fingerprint density at radius 1 is 1.67 bits per heavy atom. The molecule has 0 radical (unpaired) electrons. The highest BCUT2D eigenvalue weighted by atomic mass is 16.1. The largest absolute Gasteiger partial charge is 0.355 e. The van der Waals surface area contributed by atoms with Gasteiger partial charge in [0.25, 0.3) is 0 Å². The summed E-state index contributed by atoms with van der Waals surface area (Å²) in [5.41, 5.74) is 1.16. The van der Waals surface area contributed by atoms with Crippen molar-refractivity contribution in [2.45, 2.75) is 13.3 Å². The van der Waals surface area contributed by atoms with Crippen LogP contribution in [0.25, 0.3) is 0 Å². The zero-order valence-corrected chi connectivity index (χ0v) is 7.60. The summed E-state index contributed by atoms with van der Waals surface area (Å²) in [7, 11) is 0. The number of rotatable bonds is 2. The minimum absolute atomic E-state index is 0.166. The Morgan fingerprint density at radius 2 is 2.42 bits per heavy atom. The normalized spacial score (nSPS) is 19.9. The van der Waals surface area contributed by atoms with Crippen molar-refractivity contribution in [3.8, 4) is 0 Å². The van der Waals surface area contributed by atoms with Crippen molar-refractivity contribution in [1.82, 2.24) is 10.2 Å². The van der Waals surface area contributed by atoms with E-state index in [4.69, 9.17) is 0 Å². The van der Waals surface area contributed by atoms with Crippen molar-refractivity contribution in [3.63, 3.8) is 0 Å². The lowest BCUT2D eigenvalue weighted by molar-refractivity contribution is -0.120. The minimum atomic E-state index is 0.166. The Hall–Kier alpha value is -0.830. The maximum absolute atomic E-state index is 11.0. The van der Waals surface area contributed by atoms with Crippen molar-refractivity contribution >= 4 is 5.91 Å². The van der Waals surface area contributed by atoms with E-state index in [1.807, 2.05) is 6.92 Å². The van der Waals surface area contributed by atoms with Gasteiger partial charge in [-0.15, -0.1) is 0 Å². The van der Waals surface area contributed by atoms with Crippen molar-refractivity contribution < 1.29 is 4.79 Å². The van der Waals surface area contributed by atoms with Gasteiger partial charge < -0.3 is 5.32 Å². The van der Waals surface area contributed by atoms with Crippen LogP contribution in [0.15, 0.2) is 12.2 Å². The molecule has 0 spiro atoms. The van der Waals surface area contributed by atoms with Gasteiger partial charge in [-0.25, -0.2) is 0 Å². The average Bonchev–Trinajstić information content (AvgIpc) is 2.15. The zero-order valence-electron chi connectivity index (χ0n) is 7.60. The summed E-state index contributed by atoms with van der Waals surface area (Å²) in [6, 6.07) is 0. The van der Waals surface area contributed by atoms with Crippen LogP contribution in [0.4, 0.5) is 0 Å². The molecule has 1 rings (SSSR count). The number of amides is 1. The van der Waals surface area contributed by atoms with Crippen LogP contribution in [0.5, 0.6) is 0 Å². The van der Waals surface area contributed by atoms with Gasteiger partial charge in [-0.1, -0.05) is 12.2 Å². The van der Waals surface area contributed by atoms with Gasteiger partial charge in [0.1, 0.15) is 0 Å². The maximum atomic E-state index is 11.0. The van der Waals surface area contributed by atoms with Crippen LogP contribution < -0.4 is 5.32 Å². The molecular formula is C9H16N2O. The van der Waals surface area contributed by atoms with Gasteiger partial charge in [0.05, 0.1) is 0 Å². The summed E-state index contributed by atoms with van der Waals surface area (Å²) in [5, 5.41) is 2.84. The first-order valence-corrected chi connectivity index (χ1v) is 4.32. The van der Waals surface area contributed by atoms with Crippen molar-refractivity contribution in [3.05, 3.63) is 12.2 Å². The highest BCUT2D eigenvalue weighted by Gasteiger charge is 2.12. The highest BCUT2D eigenvalue weighted by molar-refractivity contribution is 5.76. The third-order valence-electron chi connectivity index (χ3n) is 1.90. The first-order chi connectivity index (χ1) is 5.68. The van der Waals surface area contributed by atoms with Gasteiger partial charge >= 0.3 is 0 Å². The van der Waals surface area contributed by atoms with E-state index in [1.54, 1.807) is 0 Å². The standard InChI is InChI=1S/C9H16N2O/c1-8(2)7-11-5-3-9(12)10-4-6-11/h1,3-7H2,2H3,(H,10,12). The van der Waals surface area contributed by atoms with E-state index in [9.17, 15) is 4.79 Å². The minimum Gasteiger partial charge on any atom is -0.355 e. The number of nitrogens with zero attached hydrogens (tertiary/aromatic N) is 1. The predicted molar refractivity (Wildman–Crippen MR) is 48.9 cm³/mol. The molecule has 0 aromatic heterocycles. The smallest absolute Gasteiger partial charge is 0.221 e. The van der Waals surface area contributed by atoms with E-state index < -0.39 is 0 Å². The number of carbonyl (C=O) groups is 1. The van der Waals surface area contributed by atoms with Crippen LogP contribution in [-0.4, -0.2) is 37.0 Å². The second-order valence-electron chi connectivity index (χ2n) is 3.33. The lowest BCUT2D eigenvalue weighted by Crippen LogP contribution is -2.29. The van der Waals surface area contributed by atoms with Gasteiger partial charge in [0.15, 0.2) is 0 Å². The molecule has 1 saturated heterocycles. The summed E-state index contributed by atoms with van der Waals surface area (Å²) >= 11 is 0. The lowest BCUT2D eigenvalue weighted by Gasteiger charge is -2.18. The van der Waals surface area contributed by atoms with Crippen molar-refractivity contribution in [2.75, 3.05) is 26.2 Å². The Bertz CT molecular complexity index is 189. The SMILES string of the molecule is C=C(C)CN1CCNC(=O)CC1. The second kappa shape index (κ2) is 4.26. The molecule has 1 aliphatic heterocycles. The average molecular weight is 168 g/mol. The summed E-state index contributed by atoms with van der Waals surface area (Å²) < 4.78 is 0. The lowest BCUT2D eigenvalue weighted by atomic mass is 10.3. The summed E-state index contributed by atoms with van der Waals surface area (Å²) in [6.45, 7) is 9.35. The Balaban J connectivity index is 2.35. The molecule has 0 aromatic carbocycles. The van der Waals surface area contributed by atoms with Crippen molar-refractivity contribution in [2.24, 2.45) is 0 Å². The van der Waals surface area contributed by atoms with Gasteiger partial charge in [-0.3, -0.25) is 9.69 Å². The van der Waals surface area contributed by atoms with Gasteiger partial charge in [-0.05, 0) is 6.92 Å². The highest BCUT2D eigenvalue weighted by Crippen LogP contribution is 1.99. The van der Waals surface area contributed by atoms with Crippen LogP contribution >= 0.6 is 0 Å². The molecule has 0 bridgehead atoms. The van der Waals surface area contributed by atoms with E-state index in [0.29, 0.717) is 6.42 Å². The third kappa shape index (κ3) is 3.05. The molecule has 0 saturated carbocycles. The number of hydrogen-bond acceptors (Lipinski definition) is 2. The van der Waals surface area contributed by atoms with Gasteiger partial charge in [-0.2, -0.15) is 0 Å². The molecule has 3 nitrogen and oxygen atoms in total. The van der Waals surface area contributed by atoms with E-state index in [2.05, 4.69) is 16.8 Å². The van der Waals surface area contributed by atoms with Crippen LogP contribution in [-0.2, 0) is 4.79 Å². The zero-order chi connectivity index (χ0) is 8.97. The van der Waals surface area contributed by atoms with E-state index in [0.717, 1.165) is 31.8 Å². The maximum Gasteiger partial charge on any atom is 0.221 e. The fourth-order valence-corrected chi connectivity index (χ4v) is 1.35. The first kappa shape index (κ1) is 9.26. The Kier molecular flexibility index (Phi) is 3.29. The number of hydrogen-bond donors (Lipinski definition) is 1. The predicted octanol–water partition coefficient (Wildman–Crippen LogP) is 0.384. The molecule has 1 fully saturated rings. The van der Waals surface area contributed by atoms with Crippen LogP contribution in [0.1, 0.15) is 13.3 Å².